The van der Waals surface area contributed by atoms with Gasteiger partial charge in [0.1, 0.15) is 6.33 Å². The van der Waals surface area contributed by atoms with Crippen molar-refractivity contribution < 1.29 is 4.74 Å². The zero-order chi connectivity index (χ0) is 12.7. The van der Waals surface area contributed by atoms with Crippen molar-refractivity contribution in [3.05, 3.63) is 36.4 Å². The molecule has 0 N–H and O–H groups in total. The number of pyridine rings is 1. The number of hydrogen-bond donors (Lipinski definition) is 0. The van der Waals surface area contributed by atoms with Crippen LogP contribution in [-0.4, -0.2) is 22.1 Å². The molecule has 0 aliphatic carbocycles. The van der Waals surface area contributed by atoms with Gasteiger partial charge < -0.3 is 4.74 Å². The van der Waals surface area contributed by atoms with Crippen LogP contribution in [0.2, 0.25) is 0 Å². The minimum absolute atomic E-state index is 0.601. The first-order valence-electron chi connectivity index (χ1n) is 5.58. The summed E-state index contributed by atoms with van der Waals surface area (Å²) in [5.41, 5.74) is 2.77. The van der Waals surface area contributed by atoms with E-state index in [1.807, 2.05) is 39.0 Å². The molecule has 2 aromatic rings. The van der Waals surface area contributed by atoms with Gasteiger partial charge in [0, 0.05) is 23.5 Å². The summed E-state index contributed by atoms with van der Waals surface area (Å²) in [5.74, 6) is 0.601. The average molecular weight is 231 g/mol. The Morgan fingerprint density at radius 1 is 1.06 bits per heavy atom. The zero-order valence-electron chi connectivity index (χ0n) is 10.6. The van der Waals surface area contributed by atoms with Gasteiger partial charge in [-0.05, 0) is 19.1 Å². The third-order valence-electron chi connectivity index (χ3n) is 2.05. The number of methoxy groups -OCH3 is 1. The highest BCUT2D eigenvalue weighted by Crippen LogP contribution is 2.17. The van der Waals surface area contributed by atoms with E-state index in [-0.39, 0.29) is 0 Å². The molecule has 0 saturated heterocycles. The molecular formula is C13H17N3O. The Morgan fingerprint density at radius 2 is 1.82 bits per heavy atom. The molecule has 0 fully saturated rings. The minimum Gasteiger partial charge on any atom is -0.481 e. The topological polar surface area (TPSA) is 47.9 Å². The highest BCUT2D eigenvalue weighted by molar-refractivity contribution is 5.58. The maximum absolute atomic E-state index is 4.98. The fourth-order valence-corrected chi connectivity index (χ4v) is 1.26. The van der Waals surface area contributed by atoms with E-state index in [9.17, 15) is 0 Å². The Balaban J connectivity index is 0.000000686. The summed E-state index contributed by atoms with van der Waals surface area (Å²) >= 11 is 0. The molecule has 2 heterocycles. The van der Waals surface area contributed by atoms with Gasteiger partial charge in [-0.15, -0.1) is 0 Å². The quantitative estimate of drug-likeness (QED) is 0.797. The van der Waals surface area contributed by atoms with Crippen molar-refractivity contribution in [2.75, 3.05) is 7.11 Å². The molecule has 17 heavy (non-hydrogen) atoms. The molecule has 2 rings (SSSR count). The second kappa shape index (κ2) is 6.58. The van der Waals surface area contributed by atoms with Crippen LogP contribution in [0.4, 0.5) is 0 Å². The molecule has 0 bridgehead atoms. The Kier molecular flexibility index (Phi) is 5.07. The van der Waals surface area contributed by atoms with Gasteiger partial charge in [0.2, 0.25) is 5.88 Å². The lowest BCUT2D eigenvalue weighted by atomic mass is 10.2. The van der Waals surface area contributed by atoms with E-state index in [1.165, 1.54) is 0 Å². The van der Waals surface area contributed by atoms with Crippen LogP contribution in [0.15, 0.2) is 30.7 Å². The summed E-state index contributed by atoms with van der Waals surface area (Å²) in [6.07, 6.45) is 3.29. The molecule has 0 unspecified atom stereocenters. The largest absolute Gasteiger partial charge is 0.481 e. The molecule has 90 valence electrons. The number of hydrogen-bond acceptors (Lipinski definition) is 4. The Bertz CT molecular complexity index is 454. The Labute approximate surface area is 102 Å². The first kappa shape index (κ1) is 13.1. The molecule has 4 heteroatoms. The summed E-state index contributed by atoms with van der Waals surface area (Å²) in [6.45, 7) is 5.93. The van der Waals surface area contributed by atoms with Crippen molar-refractivity contribution >= 4 is 0 Å². The standard InChI is InChI=1S/C11H11N3O.C2H6/c1-8-5-10(14-7-13-8)9-3-4-11(15-2)12-6-9;1-2/h3-7H,1-2H3;1-2H3. The van der Waals surface area contributed by atoms with Gasteiger partial charge in [-0.2, -0.15) is 0 Å². The third kappa shape index (κ3) is 3.52. The van der Waals surface area contributed by atoms with Crippen molar-refractivity contribution in [2.24, 2.45) is 0 Å². The SMILES string of the molecule is CC.COc1ccc(-c2cc(C)ncn2)cn1. The van der Waals surface area contributed by atoms with E-state index in [4.69, 9.17) is 4.74 Å². The van der Waals surface area contributed by atoms with E-state index in [1.54, 1.807) is 19.6 Å². The summed E-state index contributed by atoms with van der Waals surface area (Å²) in [7, 11) is 1.59. The van der Waals surface area contributed by atoms with Gasteiger partial charge in [-0.3, -0.25) is 0 Å². The number of ether oxygens (including phenoxy) is 1. The van der Waals surface area contributed by atoms with Crippen LogP contribution in [0.3, 0.4) is 0 Å². The molecule has 4 nitrogen and oxygen atoms in total. The van der Waals surface area contributed by atoms with Crippen molar-refractivity contribution in [1.29, 1.82) is 0 Å². The zero-order valence-corrected chi connectivity index (χ0v) is 10.6. The molecular weight excluding hydrogens is 214 g/mol. The fraction of sp³-hybridized carbons (Fsp3) is 0.308. The second-order valence-electron chi connectivity index (χ2n) is 3.13. The van der Waals surface area contributed by atoms with Crippen LogP contribution >= 0.6 is 0 Å². The van der Waals surface area contributed by atoms with Crippen molar-refractivity contribution in [2.45, 2.75) is 20.8 Å². The monoisotopic (exact) mass is 231 g/mol. The van der Waals surface area contributed by atoms with Gasteiger partial charge >= 0.3 is 0 Å². The third-order valence-corrected chi connectivity index (χ3v) is 2.05. The minimum atomic E-state index is 0.601. The summed E-state index contributed by atoms with van der Waals surface area (Å²) < 4.78 is 4.98. The highest BCUT2D eigenvalue weighted by Gasteiger charge is 2.00. The highest BCUT2D eigenvalue weighted by atomic mass is 16.5. The average Bonchev–Trinajstić information content (AvgIpc) is 2.41. The Hall–Kier alpha value is -1.97. The molecule has 0 aliphatic rings. The fourth-order valence-electron chi connectivity index (χ4n) is 1.26. The smallest absolute Gasteiger partial charge is 0.212 e. The van der Waals surface area contributed by atoms with Gasteiger partial charge in [0.15, 0.2) is 0 Å². The van der Waals surface area contributed by atoms with Gasteiger partial charge in [-0.1, -0.05) is 13.8 Å². The first-order chi connectivity index (χ1) is 8.29. The maximum atomic E-state index is 4.98. The predicted molar refractivity (Wildman–Crippen MR) is 67.9 cm³/mol. The lowest BCUT2D eigenvalue weighted by molar-refractivity contribution is 0.398. The second-order valence-corrected chi connectivity index (χ2v) is 3.13. The predicted octanol–water partition coefficient (Wildman–Crippen LogP) is 2.88. The van der Waals surface area contributed by atoms with E-state index < -0.39 is 0 Å². The molecule has 0 saturated carbocycles. The lowest BCUT2D eigenvalue weighted by Crippen LogP contribution is -1.90. The number of aromatic nitrogens is 3. The first-order valence-corrected chi connectivity index (χ1v) is 5.58. The summed E-state index contributed by atoms with van der Waals surface area (Å²) in [6, 6.07) is 5.66. The van der Waals surface area contributed by atoms with Gasteiger partial charge in [-0.25, -0.2) is 15.0 Å². The normalized spacial score (nSPS) is 9.18. The van der Waals surface area contributed by atoms with Gasteiger partial charge in [0.25, 0.3) is 0 Å². The van der Waals surface area contributed by atoms with Crippen LogP contribution in [0, 0.1) is 6.92 Å². The van der Waals surface area contributed by atoms with Gasteiger partial charge in [0.05, 0.1) is 12.8 Å². The van der Waals surface area contributed by atoms with Crippen molar-refractivity contribution in [1.82, 2.24) is 15.0 Å². The maximum Gasteiger partial charge on any atom is 0.212 e. The molecule has 0 aliphatic heterocycles. The van der Waals surface area contributed by atoms with E-state index >= 15 is 0 Å². The van der Waals surface area contributed by atoms with Crippen LogP contribution < -0.4 is 4.74 Å². The number of nitrogens with zero attached hydrogens (tertiary/aromatic N) is 3. The lowest BCUT2D eigenvalue weighted by Gasteiger charge is -2.02. The van der Waals surface area contributed by atoms with Crippen LogP contribution in [-0.2, 0) is 0 Å². The van der Waals surface area contributed by atoms with Crippen molar-refractivity contribution in [3.8, 4) is 17.1 Å². The number of rotatable bonds is 2. The Morgan fingerprint density at radius 3 is 2.35 bits per heavy atom. The van der Waals surface area contributed by atoms with Crippen LogP contribution in [0.25, 0.3) is 11.3 Å². The number of aryl methyl sites for hydroxylation is 1. The van der Waals surface area contributed by atoms with Crippen LogP contribution in [0.1, 0.15) is 19.5 Å². The molecule has 0 aromatic carbocycles. The van der Waals surface area contributed by atoms with E-state index in [0.29, 0.717) is 5.88 Å². The van der Waals surface area contributed by atoms with Crippen molar-refractivity contribution in [3.63, 3.8) is 0 Å². The molecule has 0 spiro atoms. The summed E-state index contributed by atoms with van der Waals surface area (Å²) in [5, 5.41) is 0. The molecule has 0 radical (unpaired) electrons. The molecule has 2 aromatic heterocycles. The molecule has 0 atom stereocenters. The molecule has 0 amide bonds. The van der Waals surface area contributed by atoms with Crippen LogP contribution in [0.5, 0.6) is 5.88 Å². The summed E-state index contributed by atoms with van der Waals surface area (Å²) in [4.78, 5) is 12.3. The van der Waals surface area contributed by atoms with E-state index in [2.05, 4.69) is 15.0 Å². The van der Waals surface area contributed by atoms with E-state index in [0.717, 1.165) is 17.0 Å².